The van der Waals surface area contributed by atoms with E-state index in [-0.39, 0.29) is 0 Å². The lowest BCUT2D eigenvalue weighted by Gasteiger charge is -2.19. The summed E-state index contributed by atoms with van der Waals surface area (Å²) in [4.78, 5) is 15.7. The van der Waals surface area contributed by atoms with Gasteiger partial charge in [-0.3, -0.25) is 19.4 Å². The van der Waals surface area contributed by atoms with E-state index in [2.05, 4.69) is 52.7 Å². The molecule has 32 heavy (non-hydrogen) atoms. The minimum atomic E-state index is 0.707. The van der Waals surface area contributed by atoms with Crippen molar-refractivity contribution in [3.63, 3.8) is 0 Å². The van der Waals surface area contributed by atoms with E-state index in [9.17, 15) is 0 Å². The van der Waals surface area contributed by atoms with Gasteiger partial charge in [0.15, 0.2) is 11.5 Å². The predicted molar refractivity (Wildman–Crippen MR) is 125 cm³/mol. The monoisotopic (exact) mass is 445 g/mol. The standard InChI is InChI=1S/C22H23N9S/c1-3-30(13-16-4-6-23-7-5-16)14-18-8-20(32-29-18)28-21-22-24-11-19(17-9-25-26-10-17)31(22)12-15(2)27-21/h4-12H,3,13-14H2,1-2H3,(H,25,26)(H,27,28). The quantitative estimate of drug-likeness (QED) is 0.372. The molecule has 5 heterocycles. The van der Waals surface area contributed by atoms with Gasteiger partial charge < -0.3 is 5.32 Å². The number of H-pyrrole nitrogens is 1. The number of rotatable bonds is 8. The number of anilines is 2. The molecule has 5 rings (SSSR count). The van der Waals surface area contributed by atoms with Crippen molar-refractivity contribution in [1.29, 1.82) is 0 Å². The van der Waals surface area contributed by atoms with E-state index in [0.29, 0.717) is 5.82 Å². The summed E-state index contributed by atoms with van der Waals surface area (Å²) in [6, 6.07) is 6.18. The molecular formula is C22H23N9S. The molecule has 5 aromatic rings. The van der Waals surface area contributed by atoms with Gasteiger partial charge in [0, 0.05) is 43.4 Å². The van der Waals surface area contributed by atoms with Gasteiger partial charge in [-0.2, -0.15) is 9.47 Å². The molecule has 5 aromatic heterocycles. The lowest BCUT2D eigenvalue weighted by molar-refractivity contribution is 0.269. The van der Waals surface area contributed by atoms with Gasteiger partial charge in [0.2, 0.25) is 0 Å². The van der Waals surface area contributed by atoms with Gasteiger partial charge in [-0.25, -0.2) is 9.97 Å². The van der Waals surface area contributed by atoms with Crippen molar-refractivity contribution in [2.75, 3.05) is 11.9 Å². The highest BCUT2D eigenvalue weighted by Gasteiger charge is 2.14. The number of aromatic amines is 1. The number of hydrogen-bond acceptors (Lipinski definition) is 8. The molecule has 0 atom stereocenters. The third kappa shape index (κ3) is 4.23. The van der Waals surface area contributed by atoms with E-state index in [4.69, 9.17) is 0 Å². The topological polar surface area (TPSA) is 99.9 Å². The fourth-order valence-electron chi connectivity index (χ4n) is 3.61. The fourth-order valence-corrected chi connectivity index (χ4v) is 4.27. The molecule has 10 heteroatoms. The first-order valence-corrected chi connectivity index (χ1v) is 11.1. The van der Waals surface area contributed by atoms with Crippen LogP contribution in [-0.2, 0) is 13.1 Å². The van der Waals surface area contributed by atoms with Gasteiger partial charge in [0.25, 0.3) is 0 Å². The highest BCUT2D eigenvalue weighted by atomic mass is 32.1. The Labute approximate surface area is 189 Å². The van der Waals surface area contributed by atoms with Gasteiger partial charge in [0.1, 0.15) is 5.00 Å². The molecule has 0 aliphatic rings. The molecule has 9 nitrogen and oxygen atoms in total. The summed E-state index contributed by atoms with van der Waals surface area (Å²) in [6.07, 6.45) is 11.1. The smallest absolute Gasteiger partial charge is 0.180 e. The highest BCUT2D eigenvalue weighted by Crippen LogP contribution is 2.27. The zero-order valence-electron chi connectivity index (χ0n) is 17.9. The first-order valence-electron chi connectivity index (χ1n) is 10.4. The number of aryl methyl sites for hydroxylation is 1. The Morgan fingerprint density at radius 3 is 2.84 bits per heavy atom. The first kappa shape index (κ1) is 20.3. The van der Waals surface area contributed by atoms with Crippen LogP contribution in [0.5, 0.6) is 0 Å². The van der Waals surface area contributed by atoms with Gasteiger partial charge in [-0.1, -0.05) is 6.92 Å². The zero-order valence-corrected chi connectivity index (χ0v) is 18.7. The Hall–Kier alpha value is -3.63. The Morgan fingerprint density at radius 1 is 1.19 bits per heavy atom. The third-order valence-electron chi connectivity index (χ3n) is 5.20. The maximum absolute atomic E-state index is 4.68. The van der Waals surface area contributed by atoms with Gasteiger partial charge in [-0.05, 0) is 48.8 Å². The molecule has 162 valence electrons. The van der Waals surface area contributed by atoms with Gasteiger partial charge in [-0.15, -0.1) is 0 Å². The Balaban J connectivity index is 1.35. The average Bonchev–Trinajstić information content (AvgIpc) is 3.55. The largest absolute Gasteiger partial charge is 0.328 e. The minimum Gasteiger partial charge on any atom is -0.328 e. The van der Waals surface area contributed by atoms with Crippen LogP contribution in [0.3, 0.4) is 0 Å². The van der Waals surface area contributed by atoms with Crippen LogP contribution < -0.4 is 5.32 Å². The van der Waals surface area contributed by atoms with Crippen LogP contribution in [0.25, 0.3) is 16.9 Å². The van der Waals surface area contributed by atoms with E-state index >= 15 is 0 Å². The lowest BCUT2D eigenvalue weighted by Crippen LogP contribution is -2.22. The van der Waals surface area contributed by atoms with Crippen molar-refractivity contribution >= 4 is 28.0 Å². The molecule has 0 unspecified atom stereocenters. The van der Waals surface area contributed by atoms with E-state index in [1.807, 2.05) is 54.4 Å². The number of hydrogen-bond donors (Lipinski definition) is 2. The fraction of sp³-hybridized carbons (Fsp3) is 0.227. The van der Waals surface area contributed by atoms with Crippen LogP contribution in [0.4, 0.5) is 10.8 Å². The molecule has 2 N–H and O–H groups in total. The van der Waals surface area contributed by atoms with Gasteiger partial charge >= 0.3 is 0 Å². The van der Waals surface area contributed by atoms with Crippen molar-refractivity contribution < 1.29 is 0 Å². The number of aromatic nitrogens is 7. The summed E-state index contributed by atoms with van der Waals surface area (Å²) in [5.74, 6) is 0.707. The number of nitrogens with zero attached hydrogens (tertiary/aromatic N) is 7. The molecule has 0 radical (unpaired) electrons. The zero-order chi connectivity index (χ0) is 21.9. The molecule has 0 aliphatic heterocycles. The third-order valence-corrected chi connectivity index (χ3v) is 5.94. The van der Waals surface area contributed by atoms with Crippen molar-refractivity contribution in [3.8, 4) is 11.3 Å². The van der Waals surface area contributed by atoms with Crippen molar-refractivity contribution in [1.82, 2.24) is 38.8 Å². The van der Waals surface area contributed by atoms with Crippen molar-refractivity contribution in [2.24, 2.45) is 0 Å². The van der Waals surface area contributed by atoms with Crippen LogP contribution in [0.15, 0.2) is 55.4 Å². The van der Waals surface area contributed by atoms with Gasteiger partial charge in [0.05, 0.1) is 29.5 Å². The minimum absolute atomic E-state index is 0.707. The van der Waals surface area contributed by atoms with E-state index in [1.165, 1.54) is 17.1 Å². The second kappa shape index (κ2) is 8.85. The summed E-state index contributed by atoms with van der Waals surface area (Å²) < 4.78 is 6.68. The lowest BCUT2D eigenvalue weighted by atomic mass is 10.2. The second-order valence-corrected chi connectivity index (χ2v) is 8.33. The molecule has 0 saturated carbocycles. The highest BCUT2D eigenvalue weighted by molar-refractivity contribution is 7.10. The summed E-state index contributed by atoms with van der Waals surface area (Å²) >= 11 is 1.43. The van der Waals surface area contributed by atoms with Crippen LogP contribution in [0, 0.1) is 6.92 Å². The first-order chi connectivity index (χ1) is 15.7. The number of pyridine rings is 1. The number of nitrogens with one attached hydrogen (secondary N) is 2. The maximum Gasteiger partial charge on any atom is 0.180 e. The SMILES string of the molecule is CCN(Cc1ccncc1)Cc1cc(Nc2nc(C)cn3c(-c4cn[nH]c4)cnc23)sn1. The van der Waals surface area contributed by atoms with Crippen LogP contribution in [0.1, 0.15) is 23.9 Å². The Kier molecular flexibility index (Phi) is 5.61. The molecule has 0 amide bonds. The van der Waals surface area contributed by atoms with Crippen LogP contribution in [-0.4, -0.2) is 45.4 Å². The average molecular weight is 446 g/mol. The van der Waals surface area contributed by atoms with E-state index in [1.54, 1.807) is 6.20 Å². The molecule has 0 bridgehead atoms. The normalized spacial score (nSPS) is 11.5. The maximum atomic E-state index is 4.68. The van der Waals surface area contributed by atoms with Crippen LogP contribution in [0.2, 0.25) is 0 Å². The summed E-state index contributed by atoms with van der Waals surface area (Å²) in [7, 11) is 0. The van der Waals surface area contributed by atoms with Crippen LogP contribution >= 0.6 is 11.5 Å². The molecule has 0 aromatic carbocycles. The van der Waals surface area contributed by atoms with Crippen molar-refractivity contribution in [3.05, 3.63) is 72.3 Å². The summed E-state index contributed by atoms with van der Waals surface area (Å²) in [5.41, 5.74) is 5.86. The Bertz CT molecular complexity index is 1310. The molecular weight excluding hydrogens is 422 g/mol. The molecule has 0 saturated heterocycles. The Morgan fingerprint density at radius 2 is 2.06 bits per heavy atom. The van der Waals surface area contributed by atoms with Crippen molar-refractivity contribution in [2.45, 2.75) is 26.9 Å². The summed E-state index contributed by atoms with van der Waals surface area (Å²) in [6.45, 7) is 6.72. The second-order valence-electron chi connectivity index (χ2n) is 7.52. The van der Waals surface area contributed by atoms with E-state index in [0.717, 1.165) is 52.9 Å². The van der Waals surface area contributed by atoms with E-state index < -0.39 is 0 Å². The number of imidazole rings is 1. The summed E-state index contributed by atoms with van der Waals surface area (Å²) in [5, 5.41) is 11.3. The molecule has 0 spiro atoms. The predicted octanol–water partition coefficient (Wildman–Crippen LogP) is 4.05. The molecule has 0 aliphatic carbocycles. The molecule has 0 fully saturated rings. The number of fused-ring (bicyclic) bond motifs is 1.